The summed E-state index contributed by atoms with van der Waals surface area (Å²) in [5.41, 5.74) is 0.264. The van der Waals surface area contributed by atoms with Gasteiger partial charge in [-0.1, -0.05) is 13.5 Å². The van der Waals surface area contributed by atoms with E-state index in [-0.39, 0.29) is 12.0 Å². The van der Waals surface area contributed by atoms with E-state index in [9.17, 15) is 15.0 Å². The van der Waals surface area contributed by atoms with Gasteiger partial charge in [0, 0.05) is 12.0 Å². The fourth-order valence-electron chi connectivity index (χ4n) is 1.04. The lowest BCUT2D eigenvalue weighted by Gasteiger charge is -2.26. The second kappa shape index (κ2) is 5.85. The predicted octanol–water partition coefficient (Wildman–Crippen LogP) is 0.480. The Labute approximate surface area is 89.7 Å². The van der Waals surface area contributed by atoms with Gasteiger partial charge in [0.25, 0.3) is 0 Å². The molecule has 15 heavy (non-hydrogen) atoms. The largest absolute Gasteiger partial charge is 0.443 e. The van der Waals surface area contributed by atoms with Gasteiger partial charge in [0.1, 0.15) is 0 Å². The van der Waals surface area contributed by atoms with E-state index in [0.29, 0.717) is 6.42 Å². The normalized spacial score (nSPS) is 13.4. The Balaban J connectivity index is 4.08. The topological polar surface area (TPSA) is 78.8 Å². The van der Waals surface area contributed by atoms with Crippen LogP contribution in [-0.2, 0) is 9.53 Å². The lowest BCUT2D eigenvalue weighted by molar-refractivity contribution is -0.213. The highest BCUT2D eigenvalue weighted by Crippen LogP contribution is 2.07. The van der Waals surface area contributed by atoms with E-state index in [2.05, 4.69) is 11.9 Å². The summed E-state index contributed by atoms with van der Waals surface area (Å²) in [5.74, 6) is -2.58. The third-order valence-corrected chi connectivity index (χ3v) is 1.67. The highest BCUT2D eigenvalue weighted by molar-refractivity contribution is 5.87. The third-order valence-electron chi connectivity index (χ3n) is 1.67. The van der Waals surface area contributed by atoms with Gasteiger partial charge in [0.05, 0.1) is 0 Å². The lowest BCUT2D eigenvalue weighted by atomic mass is 10.2. The van der Waals surface area contributed by atoms with Gasteiger partial charge in [-0.3, -0.25) is 0 Å². The standard InChI is InChI=1S/C10H19NO4/c1-5-6-10(13,14)11-8(4)15-9(12)7(2)3/h8,11,13-14H,2,5-6H2,1,3-4H3. The Kier molecular flexibility index (Phi) is 5.49. The maximum Gasteiger partial charge on any atom is 0.334 e. The van der Waals surface area contributed by atoms with Crippen LogP contribution in [0.1, 0.15) is 33.6 Å². The molecule has 0 aliphatic rings. The number of hydrogen-bond donors (Lipinski definition) is 3. The number of carbonyl (C=O) groups excluding carboxylic acids is 1. The van der Waals surface area contributed by atoms with Gasteiger partial charge >= 0.3 is 5.97 Å². The van der Waals surface area contributed by atoms with E-state index >= 15 is 0 Å². The van der Waals surface area contributed by atoms with Gasteiger partial charge in [-0.05, 0) is 20.3 Å². The zero-order chi connectivity index (χ0) is 12.1. The van der Waals surface area contributed by atoms with Gasteiger partial charge in [0.2, 0.25) is 5.91 Å². The van der Waals surface area contributed by atoms with Gasteiger partial charge in [-0.25, -0.2) is 10.1 Å². The molecule has 88 valence electrons. The summed E-state index contributed by atoms with van der Waals surface area (Å²) in [6, 6.07) is 0. The SMILES string of the molecule is C=C(C)C(=O)OC(C)NC(O)(O)CCC. The van der Waals surface area contributed by atoms with Crippen LogP contribution >= 0.6 is 0 Å². The van der Waals surface area contributed by atoms with Gasteiger partial charge < -0.3 is 14.9 Å². The molecular weight excluding hydrogens is 198 g/mol. The summed E-state index contributed by atoms with van der Waals surface area (Å²) in [4.78, 5) is 11.1. The molecular formula is C10H19NO4. The smallest absolute Gasteiger partial charge is 0.334 e. The summed E-state index contributed by atoms with van der Waals surface area (Å²) < 4.78 is 4.82. The molecule has 0 aliphatic carbocycles. The average Bonchev–Trinajstić information content (AvgIpc) is 2.01. The van der Waals surface area contributed by atoms with Crippen LogP contribution in [0.2, 0.25) is 0 Å². The van der Waals surface area contributed by atoms with Gasteiger partial charge in [-0.15, -0.1) is 0 Å². The molecule has 5 heteroatoms. The van der Waals surface area contributed by atoms with Crippen LogP contribution < -0.4 is 5.32 Å². The molecule has 0 saturated carbocycles. The number of hydrogen-bond acceptors (Lipinski definition) is 5. The number of rotatable bonds is 6. The minimum absolute atomic E-state index is 0.155. The van der Waals surface area contributed by atoms with Crippen molar-refractivity contribution in [2.75, 3.05) is 0 Å². The lowest BCUT2D eigenvalue weighted by Crippen LogP contribution is -2.50. The highest BCUT2D eigenvalue weighted by atomic mass is 16.6. The highest BCUT2D eigenvalue weighted by Gasteiger charge is 2.25. The van der Waals surface area contributed by atoms with E-state index < -0.39 is 18.1 Å². The Morgan fingerprint density at radius 2 is 2.13 bits per heavy atom. The maximum atomic E-state index is 11.1. The first-order valence-electron chi connectivity index (χ1n) is 4.87. The van der Waals surface area contributed by atoms with Crippen LogP contribution in [0.4, 0.5) is 0 Å². The molecule has 0 spiro atoms. The van der Waals surface area contributed by atoms with E-state index in [1.54, 1.807) is 0 Å². The zero-order valence-corrected chi connectivity index (χ0v) is 9.41. The van der Waals surface area contributed by atoms with E-state index in [1.165, 1.54) is 13.8 Å². The van der Waals surface area contributed by atoms with Crippen LogP contribution in [0.25, 0.3) is 0 Å². The summed E-state index contributed by atoms with van der Waals surface area (Å²) in [7, 11) is 0. The molecule has 0 aromatic heterocycles. The van der Waals surface area contributed by atoms with Crippen molar-refractivity contribution in [3.05, 3.63) is 12.2 Å². The van der Waals surface area contributed by atoms with Crippen LogP contribution in [0.15, 0.2) is 12.2 Å². The van der Waals surface area contributed by atoms with E-state index in [1.807, 2.05) is 6.92 Å². The molecule has 0 aliphatic heterocycles. The average molecular weight is 217 g/mol. The second-order valence-electron chi connectivity index (χ2n) is 3.54. The molecule has 0 fully saturated rings. The van der Waals surface area contributed by atoms with Crippen molar-refractivity contribution in [2.45, 2.75) is 45.8 Å². The number of nitrogens with one attached hydrogen (secondary N) is 1. The molecule has 3 N–H and O–H groups in total. The molecule has 0 heterocycles. The minimum atomic E-state index is -2.01. The Hall–Kier alpha value is -0.910. The Morgan fingerprint density at radius 3 is 2.53 bits per heavy atom. The van der Waals surface area contributed by atoms with Crippen molar-refractivity contribution >= 4 is 5.97 Å². The third kappa shape index (κ3) is 6.22. The summed E-state index contributed by atoms with van der Waals surface area (Å²) in [6.45, 7) is 8.26. The van der Waals surface area contributed by atoms with Crippen LogP contribution in [0, 0.1) is 0 Å². The van der Waals surface area contributed by atoms with E-state index in [4.69, 9.17) is 4.74 Å². The van der Waals surface area contributed by atoms with Gasteiger partial charge in [-0.2, -0.15) is 0 Å². The van der Waals surface area contributed by atoms with Crippen molar-refractivity contribution in [1.82, 2.24) is 5.32 Å². The molecule has 1 unspecified atom stereocenters. The maximum absolute atomic E-state index is 11.1. The fraction of sp³-hybridized carbons (Fsp3) is 0.700. The molecule has 0 rings (SSSR count). The first kappa shape index (κ1) is 14.1. The Morgan fingerprint density at radius 1 is 1.60 bits per heavy atom. The van der Waals surface area contributed by atoms with Gasteiger partial charge in [0.15, 0.2) is 6.23 Å². The first-order chi connectivity index (χ1) is 6.78. The van der Waals surface area contributed by atoms with Crippen molar-refractivity contribution < 1.29 is 19.7 Å². The van der Waals surface area contributed by atoms with E-state index in [0.717, 1.165) is 0 Å². The first-order valence-corrected chi connectivity index (χ1v) is 4.87. The number of carbonyl (C=O) groups is 1. The molecule has 0 bridgehead atoms. The molecule has 0 amide bonds. The van der Waals surface area contributed by atoms with Crippen molar-refractivity contribution in [1.29, 1.82) is 0 Å². The number of ether oxygens (including phenoxy) is 1. The molecule has 5 nitrogen and oxygen atoms in total. The van der Waals surface area contributed by atoms with Crippen LogP contribution in [0.5, 0.6) is 0 Å². The number of aliphatic hydroxyl groups is 2. The summed E-state index contributed by atoms with van der Waals surface area (Å²) in [6.07, 6.45) is -0.0286. The predicted molar refractivity (Wildman–Crippen MR) is 55.6 cm³/mol. The molecule has 1 atom stereocenters. The minimum Gasteiger partial charge on any atom is -0.443 e. The molecule has 0 aromatic carbocycles. The van der Waals surface area contributed by atoms with Crippen molar-refractivity contribution in [3.8, 4) is 0 Å². The van der Waals surface area contributed by atoms with Crippen molar-refractivity contribution in [3.63, 3.8) is 0 Å². The Bertz CT molecular complexity index is 238. The number of esters is 1. The molecule has 0 saturated heterocycles. The summed E-state index contributed by atoms with van der Waals surface area (Å²) >= 11 is 0. The van der Waals surface area contributed by atoms with Crippen LogP contribution in [0.3, 0.4) is 0 Å². The van der Waals surface area contributed by atoms with Crippen LogP contribution in [-0.4, -0.2) is 28.3 Å². The zero-order valence-electron chi connectivity index (χ0n) is 9.41. The monoisotopic (exact) mass is 217 g/mol. The fourth-order valence-corrected chi connectivity index (χ4v) is 1.04. The molecule has 0 aromatic rings. The molecule has 0 radical (unpaired) electrons. The summed E-state index contributed by atoms with van der Waals surface area (Å²) in [5, 5.41) is 21.1. The second-order valence-corrected chi connectivity index (χ2v) is 3.54. The van der Waals surface area contributed by atoms with Crippen molar-refractivity contribution in [2.24, 2.45) is 0 Å². The quantitative estimate of drug-likeness (QED) is 0.342.